The van der Waals surface area contributed by atoms with Crippen LogP contribution in [-0.2, 0) is 9.59 Å². The standard InChI is InChI=1S/C11H22N2O2/c1-4-5-7-12-10(14)11(15)13-8-6-9(2)3/h9H,4-8H2,1-3H3,(H,12,14)(H,13,15). The number of carbonyl (C=O) groups excluding carboxylic acids is 2. The first-order valence-electron chi connectivity index (χ1n) is 5.64. The molecule has 15 heavy (non-hydrogen) atoms. The maximum Gasteiger partial charge on any atom is 0.309 e. The van der Waals surface area contributed by atoms with E-state index in [-0.39, 0.29) is 0 Å². The highest BCUT2D eigenvalue weighted by atomic mass is 16.2. The van der Waals surface area contributed by atoms with Crippen LogP contribution >= 0.6 is 0 Å². The fourth-order valence-electron chi connectivity index (χ4n) is 1.01. The number of carbonyl (C=O) groups is 2. The van der Waals surface area contributed by atoms with E-state index in [0.717, 1.165) is 19.3 Å². The molecule has 88 valence electrons. The number of rotatable bonds is 6. The average Bonchev–Trinajstić information content (AvgIpc) is 2.17. The predicted molar refractivity (Wildman–Crippen MR) is 60.4 cm³/mol. The molecule has 0 aromatic rings. The highest BCUT2D eigenvalue weighted by Crippen LogP contribution is 1.95. The monoisotopic (exact) mass is 214 g/mol. The van der Waals surface area contributed by atoms with Crippen LogP contribution in [0.2, 0.25) is 0 Å². The third-order valence-electron chi connectivity index (χ3n) is 2.03. The molecule has 4 nitrogen and oxygen atoms in total. The molecular weight excluding hydrogens is 192 g/mol. The Bertz CT molecular complexity index is 203. The van der Waals surface area contributed by atoms with Crippen molar-refractivity contribution in [2.75, 3.05) is 13.1 Å². The van der Waals surface area contributed by atoms with Gasteiger partial charge < -0.3 is 10.6 Å². The molecule has 0 aliphatic heterocycles. The zero-order chi connectivity index (χ0) is 11.7. The van der Waals surface area contributed by atoms with E-state index < -0.39 is 11.8 Å². The van der Waals surface area contributed by atoms with Gasteiger partial charge in [0.2, 0.25) is 0 Å². The normalized spacial score (nSPS) is 10.1. The van der Waals surface area contributed by atoms with Crippen molar-refractivity contribution < 1.29 is 9.59 Å². The van der Waals surface area contributed by atoms with Crippen LogP contribution in [0, 0.1) is 5.92 Å². The Kier molecular flexibility index (Phi) is 7.68. The molecule has 4 heteroatoms. The fraction of sp³-hybridized carbons (Fsp3) is 0.818. The second-order valence-electron chi connectivity index (χ2n) is 4.05. The summed E-state index contributed by atoms with van der Waals surface area (Å²) in [6.07, 6.45) is 2.81. The van der Waals surface area contributed by atoms with Gasteiger partial charge in [-0.3, -0.25) is 9.59 Å². The van der Waals surface area contributed by atoms with Crippen molar-refractivity contribution in [3.8, 4) is 0 Å². The Morgan fingerprint density at radius 2 is 1.60 bits per heavy atom. The second kappa shape index (κ2) is 8.26. The number of amides is 2. The summed E-state index contributed by atoms with van der Waals surface area (Å²) < 4.78 is 0. The van der Waals surface area contributed by atoms with Crippen LogP contribution in [0.3, 0.4) is 0 Å². The van der Waals surface area contributed by atoms with E-state index in [1.165, 1.54) is 0 Å². The van der Waals surface area contributed by atoms with E-state index in [4.69, 9.17) is 0 Å². The molecule has 2 N–H and O–H groups in total. The van der Waals surface area contributed by atoms with Gasteiger partial charge in [0.25, 0.3) is 0 Å². The fourth-order valence-corrected chi connectivity index (χ4v) is 1.01. The van der Waals surface area contributed by atoms with Crippen LogP contribution in [0.15, 0.2) is 0 Å². The molecule has 0 fully saturated rings. The molecule has 0 bridgehead atoms. The predicted octanol–water partition coefficient (Wildman–Crippen LogP) is 1.06. The molecule has 0 saturated heterocycles. The average molecular weight is 214 g/mol. The number of unbranched alkanes of at least 4 members (excludes halogenated alkanes) is 1. The van der Waals surface area contributed by atoms with Gasteiger partial charge in [-0.15, -0.1) is 0 Å². The molecule has 0 atom stereocenters. The van der Waals surface area contributed by atoms with Crippen molar-refractivity contribution in [1.82, 2.24) is 10.6 Å². The minimum Gasteiger partial charge on any atom is -0.348 e. The molecule has 0 radical (unpaired) electrons. The van der Waals surface area contributed by atoms with Gasteiger partial charge in [0.1, 0.15) is 0 Å². The molecule has 2 amide bonds. The molecule has 0 spiro atoms. The van der Waals surface area contributed by atoms with Crippen LogP contribution in [0.5, 0.6) is 0 Å². The van der Waals surface area contributed by atoms with Gasteiger partial charge in [-0.2, -0.15) is 0 Å². The van der Waals surface area contributed by atoms with E-state index in [1.54, 1.807) is 0 Å². The maximum atomic E-state index is 11.2. The molecule has 0 rings (SSSR count). The second-order valence-corrected chi connectivity index (χ2v) is 4.05. The SMILES string of the molecule is CCCCNC(=O)C(=O)NCCC(C)C. The topological polar surface area (TPSA) is 58.2 Å². The Morgan fingerprint density at radius 1 is 1.07 bits per heavy atom. The van der Waals surface area contributed by atoms with E-state index in [0.29, 0.717) is 19.0 Å². The molecule has 0 saturated carbocycles. The lowest BCUT2D eigenvalue weighted by atomic mass is 10.1. The highest BCUT2D eigenvalue weighted by molar-refractivity contribution is 6.35. The van der Waals surface area contributed by atoms with E-state index in [9.17, 15) is 9.59 Å². The van der Waals surface area contributed by atoms with Crippen molar-refractivity contribution in [2.24, 2.45) is 5.92 Å². The summed E-state index contributed by atoms with van der Waals surface area (Å²) >= 11 is 0. The Balaban J connectivity index is 3.56. The summed E-state index contributed by atoms with van der Waals surface area (Å²) in [7, 11) is 0. The summed E-state index contributed by atoms with van der Waals surface area (Å²) in [5.74, 6) is -0.507. The van der Waals surface area contributed by atoms with E-state index in [2.05, 4.69) is 24.5 Å². The first kappa shape index (κ1) is 13.9. The van der Waals surface area contributed by atoms with Crippen molar-refractivity contribution in [3.63, 3.8) is 0 Å². The van der Waals surface area contributed by atoms with Crippen molar-refractivity contribution in [1.29, 1.82) is 0 Å². The first-order valence-corrected chi connectivity index (χ1v) is 5.64. The molecule has 0 unspecified atom stereocenters. The summed E-state index contributed by atoms with van der Waals surface area (Å²) in [5.41, 5.74) is 0. The lowest BCUT2D eigenvalue weighted by Crippen LogP contribution is -2.40. The van der Waals surface area contributed by atoms with Crippen LogP contribution < -0.4 is 10.6 Å². The Labute approximate surface area is 91.8 Å². The van der Waals surface area contributed by atoms with Gasteiger partial charge in [-0.05, 0) is 18.8 Å². The minimum absolute atomic E-state index is 0.521. The molecule has 0 aliphatic carbocycles. The van der Waals surface area contributed by atoms with E-state index in [1.807, 2.05) is 6.92 Å². The molecule has 0 aromatic heterocycles. The molecule has 0 aromatic carbocycles. The van der Waals surface area contributed by atoms with Crippen LogP contribution in [-0.4, -0.2) is 24.9 Å². The smallest absolute Gasteiger partial charge is 0.309 e. The number of hydrogen-bond acceptors (Lipinski definition) is 2. The number of hydrogen-bond donors (Lipinski definition) is 2. The maximum absolute atomic E-state index is 11.2. The summed E-state index contributed by atoms with van der Waals surface area (Å²) in [5, 5.41) is 5.16. The Hall–Kier alpha value is -1.06. The Morgan fingerprint density at radius 3 is 2.07 bits per heavy atom. The lowest BCUT2D eigenvalue weighted by Gasteiger charge is -2.07. The van der Waals surface area contributed by atoms with Gasteiger partial charge in [0, 0.05) is 13.1 Å². The molecule has 0 aliphatic rings. The van der Waals surface area contributed by atoms with Crippen LogP contribution in [0.4, 0.5) is 0 Å². The van der Waals surface area contributed by atoms with Gasteiger partial charge >= 0.3 is 11.8 Å². The van der Waals surface area contributed by atoms with Crippen LogP contribution in [0.25, 0.3) is 0 Å². The van der Waals surface area contributed by atoms with Crippen molar-refractivity contribution in [2.45, 2.75) is 40.0 Å². The molecule has 0 heterocycles. The zero-order valence-electron chi connectivity index (χ0n) is 9.93. The minimum atomic E-state index is -0.522. The third-order valence-corrected chi connectivity index (χ3v) is 2.03. The van der Waals surface area contributed by atoms with E-state index >= 15 is 0 Å². The van der Waals surface area contributed by atoms with Crippen molar-refractivity contribution >= 4 is 11.8 Å². The summed E-state index contributed by atoms with van der Waals surface area (Å²) in [4.78, 5) is 22.4. The summed E-state index contributed by atoms with van der Waals surface area (Å²) in [6, 6.07) is 0. The highest BCUT2D eigenvalue weighted by Gasteiger charge is 2.11. The van der Waals surface area contributed by atoms with Gasteiger partial charge in [-0.25, -0.2) is 0 Å². The molecular formula is C11H22N2O2. The van der Waals surface area contributed by atoms with Gasteiger partial charge in [0.05, 0.1) is 0 Å². The first-order chi connectivity index (χ1) is 7.07. The van der Waals surface area contributed by atoms with Crippen molar-refractivity contribution in [3.05, 3.63) is 0 Å². The van der Waals surface area contributed by atoms with Gasteiger partial charge in [0.15, 0.2) is 0 Å². The lowest BCUT2D eigenvalue weighted by molar-refractivity contribution is -0.139. The summed E-state index contributed by atoms with van der Waals surface area (Å²) in [6.45, 7) is 7.33. The zero-order valence-corrected chi connectivity index (χ0v) is 9.93. The largest absolute Gasteiger partial charge is 0.348 e. The van der Waals surface area contributed by atoms with Gasteiger partial charge in [-0.1, -0.05) is 27.2 Å². The van der Waals surface area contributed by atoms with Crippen LogP contribution in [0.1, 0.15) is 40.0 Å². The quantitative estimate of drug-likeness (QED) is 0.513. The third kappa shape index (κ3) is 7.97. The number of nitrogens with one attached hydrogen (secondary N) is 2.